The van der Waals surface area contributed by atoms with Crippen LogP contribution in [0.1, 0.15) is 34.2 Å². The van der Waals surface area contributed by atoms with Gasteiger partial charge in [0.2, 0.25) is 0 Å². The van der Waals surface area contributed by atoms with E-state index in [4.69, 9.17) is 9.26 Å². The fourth-order valence-corrected chi connectivity index (χ4v) is 8.11. The van der Waals surface area contributed by atoms with Crippen LogP contribution < -0.4 is 9.84 Å². The number of carbonyl (C=O) groups is 2. The summed E-state index contributed by atoms with van der Waals surface area (Å²) in [4.78, 5) is 30.7. The number of esters is 1. The maximum absolute atomic E-state index is 15.0. The Morgan fingerprint density at radius 1 is 1.02 bits per heavy atom. The standard InChI is InChI=1S/C34H30F3N4O5PS/c1-22(33(43)45-3)21-47(44,46-25-14-11-23(12-15-25)34(35,36)37)41-30-20-26(48-31-10-5-4-9-28(31)32(42)38-2)16-17-27(30)29(40-41)18-13-24-8-6-7-19-39-24/h4-20,22H,21H2,1-3H3,(H,38,42)/b18-13+/t22-,47?/m1/s1. The molecule has 0 saturated heterocycles. The number of halogens is 3. The predicted molar refractivity (Wildman–Crippen MR) is 178 cm³/mol. The molecule has 2 atom stereocenters. The lowest BCUT2D eigenvalue weighted by molar-refractivity contribution is -0.144. The summed E-state index contributed by atoms with van der Waals surface area (Å²) in [7, 11) is -1.49. The third-order valence-corrected chi connectivity index (χ3v) is 10.6. The number of hydrogen-bond acceptors (Lipinski definition) is 8. The minimum Gasteiger partial charge on any atom is -0.469 e. The minimum atomic E-state index is -4.58. The number of pyridine rings is 1. The van der Waals surface area contributed by atoms with Gasteiger partial charge in [-0.1, -0.05) is 36.9 Å². The zero-order chi connectivity index (χ0) is 34.5. The molecule has 1 amide bonds. The van der Waals surface area contributed by atoms with Gasteiger partial charge in [0, 0.05) is 28.4 Å². The average Bonchev–Trinajstić information content (AvgIpc) is 3.45. The largest absolute Gasteiger partial charge is 0.469 e. The summed E-state index contributed by atoms with van der Waals surface area (Å²) in [5.41, 5.74) is 0.964. The van der Waals surface area contributed by atoms with Crippen LogP contribution in [0.3, 0.4) is 0 Å². The molecule has 2 aromatic heterocycles. The molecular formula is C34H30F3N4O5PS. The number of aromatic nitrogens is 3. The van der Waals surface area contributed by atoms with Crippen molar-refractivity contribution in [2.75, 3.05) is 20.3 Å². The Morgan fingerprint density at radius 3 is 2.42 bits per heavy atom. The van der Waals surface area contributed by atoms with Crippen molar-refractivity contribution >= 4 is 54.2 Å². The molecule has 5 aromatic rings. The molecule has 2 heterocycles. The summed E-state index contributed by atoms with van der Waals surface area (Å²) in [6.07, 6.45) is 0.0991. The maximum Gasteiger partial charge on any atom is 0.416 e. The van der Waals surface area contributed by atoms with Crippen LogP contribution in [0.2, 0.25) is 0 Å². The van der Waals surface area contributed by atoms with E-state index >= 15 is 4.57 Å². The minimum absolute atomic E-state index is 0.109. The van der Waals surface area contributed by atoms with Gasteiger partial charge in [0.15, 0.2) is 0 Å². The number of benzene rings is 3. The monoisotopic (exact) mass is 694 g/mol. The number of nitrogens with one attached hydrogen (secondary N) is 1. The van der Waals surface area contributed by atoms with Gasteiger partial charge in [0.05, 0.1) is 47.2 Å². The Morgan fingerprint density at radius 2 is 1.75 bits per heavy atom. The molecule has 0 saturated carbocycles. The summed E-state index contributed by atoms with van der Waals surface area (Å²) >= 11 is 1.30. The number of fused-ring (bicyclic) bond motifs is 1. The Kier molecular flexibility index (Phi) is 10.4. The molecule has 248 valence electrons. The summed E-state index contributed by atoms with van der Waals surface area (Å²) in [5, 5.41) is 7.89. The van der Waals surface area contributed by atoms with Gasteiger partial charge < -0.3 is 14.6 Å². The van der Waals surface area contributed by atoms with Gasteiger partial charge in [0.25, 0.3) is 5.91 Å². The van der Waals surface area contributed by atoms with E-state index in [-0.39, 0.29) is 17.8 Å². The van der Waals surface area contributed by atoms with E-state index in [9.17, 15) is 22.8 Å². The van der Waals surface area contributed by atoms with Crippen LogP contribution in [-0.2, 0) is 20.3 Å². The number of ether oxygens (including phenoxy) is 1. The highest BCUT2D eigenvalue weighted by atomic mass is 32.2. The van der Waals surface area contributed by atoms with E-state index in [0.717, 1.165) is 24.3 Å². The van der Waals surface area contributed by atoms with Crippen LogP contribution in [-0.4, -0.2) is 46.7 Å². The first-order valence-corrected chi connectivity index (χ1v) is 17.1. The zero-order valence-electron chi connectivity index (χ0n) is 26.0. The fourth-order valence-electron chi connectivity index (χ4n) is 4.81. The number of hydrogen-bond donors (Lipinski definition) is 1. The lowest BCUT2D eigenvalue weighted by Crippen LogP contribution is -2.21. The highest BCUT2D eigenvalue weighted by molar-refractivity contribution is 7.99. The van der Waals surface area contributed by atoms with Crippen molar-refractivity contribution in [3.05, 3.63) is 114 Å². The number of amides is 1. The Labute approximate surface area is 278 Å². The van der Waals surface area contributed by atoms with Gasteiger partial charge in [-0.3, -0.25) is 19.1 Å². The maximum atomic E-state index is 15.0. The summed E-state index contributed by atoms with van der Waals surface area (Å²) in [6.45, 7) is 1.51. The van der Waals surface area contributed by atoms with Crippen molar-refractivity contribution in [2.45, 2.75) is 22.9 Å². The van der Waals surface area contributed by atoms with Crippen LogP contribution in [0.5, 0.6) is 5.75 Å². The van der Waals surface area contributed by atoms with E-state index in [0.29, 0.717) is 37.6 Å². The summed E-state index contributed by atoms with van der Waals surface area (Å²) in [5.74, 6) is -1.96. The first-order valence-electron chi connectivity index (χ1n) is 14.6. The molecule has 1 N–H and O–H groups in total. The predicted octanol–water partition coefficient (Wildman–Crippen LogP) is 8.06. The van der Waals surface area contributed by atoms with Crippen LogP contribution in [0.25, 0.3) is 23.1 Å². The smallest absolute Gasteiger partial charge is 0.416 e. The average molecular weight is 695 g/mol. The van der Waals surface area contributed by atoms with Crippen molar-refractivity contribution in [1.82, 2.24) is 19.9 Å². The molecule has 14 heteroatoms. The quantitative estimate of drug-likeness (QED) is 0.109. The van der Waals surface area contributed by atoms with E-state index in [1.54, 1.807) is 66.9 Å². The molecule has 0 fully saturated rings. The van der Waals surface area contributed by atoms with Crippen molar-refractivity contribution in [3.8, 4) is 5.75 Å². The normalized spacial score (nSPS) is 13.6. The fraction of sp³-hybridized carbons (Fsp3) is 0.176. The van der Waals surface area contributed by atoms with Crippen molar-refractivity contribution in [3.63, 3.8) is 0 Å². The number of methoxy groups -OCH3 is 1. The third kappa shape index (κ3) is 7.80. The van der Waals surface area contributed by atoms with Crippen molar-refractivity contribution in [1.29, 1.82) is 0 Å². The molecule has 0 aliphatic carbocycles. The molecule has 0 spiro atoms. The first kappa shape index (κ1) is 34.5. The van der Waals surface area contributed by atoms with Gasteiger partial charge in [-0.05, 0) is 78.9 Å². The van der Waals surface area contributed by atoms with Gasteiger partial charge in [-0.2, -0.15) is 22.7 Å². The second-order valence-corrected chi connectivity index (χ2v) is 13.9. The van der Waals surface area contributed by atoms with E-state index in [1.165, 1.54) is 37.3 Å². The molecule has 0 aliphatic heterocycles. The second-order valence-electron chi connectivity index (χ2n) is 10.6. The van der Waals surface area contributed by atoms with E-state index in [1.807, 2.05) is 12.1 Å². The SMILES string of the molecule is CNC(=O)c1ccccc1Sc1ccc2c(/C=C/c3ccccn3)nn(P(=O)(C[C@@H](C)C(=O)OC)Oc3ccc(C(F)(F)F)cc3)c2c1. The van der Waals surface area contributed by atoms with Crippen LogP contribution in [0.4, 0.5) is 13.2 Å². The van der Waals surface area contributed by atoms with Crippen molar-refractivity contribution in [2.24, 2.45) is 5.92 Å². The molecule has 0 aliphatic rings. The summed E-state index contributed by atoms with van der Waals surface area (Å²) in [6, 6.07) is 21.6. The third-order valence-electron chi connectivity index (χ3n) is 7.18. The van der Waals surface area contributed by atoms with Gasteiger partial charge >= 0.3 is 19.7 Å². The van der Waals surface area contributed by atoms with Gasteiger partial charge in [-0.25, -0.2) is 0 Å². The molecular weight excluding hydrogens is 664 g/mol. The highest BCUT2D eigenvalue weighted by Gasteiger charge is 2.37. The highest BCUT2D eigenvalue weighted by Crippen LogP contribution is 2.52. The van der Waals surface area contributed by atoms with Crippen LogP contribution in [0, 0.1) is 5.92 Å². The van der Waals surface area contributed by atoms with Crippen LogP contribution in [0.15, 0.2) is 101 Å². The van der Waals surface area contributed by atoms with E-state index in [2.05, 4.69) is 15.4 Å². The molecule has 3 aromatic carbocycles. The lowest BCUT2D eigenvalue weighted by atomic mass is 10.2. The molecule has 0 bridgehead atoms. The summed E-state index contributed by atoms with van der Waals surface area (Å²) < 4.78 is 66.9. The van der Waals surface area contributed by atoms with Crippen molar-refractivity contribution < 1.29 is 36.6 Å². The van der Waals surface area contributed by atoms with Gasteiger partial charge in [0.1, 0.15) is 5.75 Å². The molecule has 1 unspecified atom stereocenters. The van der Waals surface area contributed by atoms with E-state index < -0.39 is 31.1 Å². The Bertz CT molecular complexity index is 2020. The second kappa shape index (κ2) is 14.5. The number of rotatable bonds is 11. The molecule has 5 rings (SSSR count). The van der Waals surface area contributed by atoms with Gasteiger partial charge in [-0.15, -0.1) is 0 Å². The zero-order valence-corrected chi connectivity index (χ0v) is 27.7. The molecule has 0 radical (unpaired) electrons. The Balaban J connectivity index is 1.66. The number of nitrogens with zero attached hydrogens (tertiary/aromatic N) is 3. The van der Waals surface area contributed by atoms with Crippen LogP contribution >= 0.6 is 19.3 Å². The lowest BCUT2D eigenvalue weighted by Gasteiger charge is -2.23. The molecule has 48 heavy (non-hydrogen) atoms. The topological polar surface area (TPSA) is 112 Å². The number of alkyl halides is 3. The number of carbonyl (C=O) groups excluding carboxylic acids is 2. The first-order chi connectivity index (χ1) is 22.9. The Hall–Kier alpha value is -4.87. The molecule has 9 nitrogen and oxygen atoms in total.